The molecule has 0 bridgehead atoms. The van der Waals surface area contributed by atoms with E-state index in [9.17, 15) is 17.6 Å². The molecule has 1 heterocycles. The third-order valence-corrected chi connectivity index (χ3v) is 7.35. The van der Waals surface area contributed by atoms with Crippen LogP contribution in [-0.4, -0.2) is 13.0 Å². The number of benzene rings is 3. The molecule has 6 heteroatoms. The average Bonchev–Trinajstić information content (AvgIpc) is 2.75. The summed E-state index contributed by atoms with van der Waals surface area (Å²) in [6, 6.07) is 18.2. The lowest BCUT2D eigenvalue weighted by molar-refractivity contribution is 0.593. The van der Waals surface area contributed by atoms with Crippen molar-refractivity contribution in [1.29, 1.82) is 0 Å². The van der Waals surface area contributed by atoms with Crippen molar-refractivity contribution in [2.24, 2.45) is 0 Å². The molecule has 4 aromatic rings. The van der Waals surface area contributed by atoms with E-state index in [1.54, 1.807) is 16.7 Å². The number of aryl methyl sites for hydroxylation is 1. The molecular weight excluding hydrogens is 425 g/mol. The van der Waals surface area contributed by atoms with Crippen LogP contribution in [0.5, 0.6) is 0 Å². The molecule has 0 saturated carbocycles. The largest absolute Gasteiger partial charge is 0.341 e. The minimum absolute atomic E-state index is 0.0388. The monoisotopic (exact) mass is 449 g/mol. The molecule has 0 radical (unpaired) electrons. The molecule has 0 aliphatic carbocycles. The average molecular weight is 450 g/mol. The summed E-state index contributed by atoms with van der Waals surface area (Å²) < 4.78 is 42.5. The van der Waals surface area contributed by atoms with Crippen molar-refractivity contribution in [1.82, 2.24) is 4.57 Å². The Morgan fingerprint density at radius 1 is 0.969 bits per heavy atom. The third-order valence-electron chi connectivity index (χ3n) is 5.59. The van der Waals surface area contributed by atoms with E-state index >= 15 is 0 Å². The van der Waals surface area contributed by atoms with Crippen molar-refractivity contribution in [3.63, 3.8) is 0 Å². The Hall–Kier alpha value is -3.25. The molecule has 0 saturated heterocycles. The van der Waals surface area contributed by atoms with E-state index < -0.39 is 21.1 Å². The number of halogens is 1. The first-order valence-corrected chi connectivity index (χ1v) is 11.9. The fourth-order valence-electron chi connectivity index (χ4n) is 3.83. The van der Waals surface area contributed by atoms with Gasteiger partial charge in [0.25, 0.3) is 0 Å². The summed E-state index contributed by atoms with van der Waals surface area (Å²) in [5.74, 6) is -0.338. The van der Waals surface area contributed by atoms with Crippen molar-refractivity contribution in [3.05, 3.63) is 106 Å². The van der Waals surface area contributed by atoms with Gasteiger partial charge in [0.05, 0.1) is 10.4 Å². The maximum absolute atomic E-state index is 14.0. The van der Waals surface area contributed by atoms with Crippen molar-refractivity contribution < 1.29 is 12.8 Å². The van der Waals surface area contributed by atoms with Crippen LogP contribution in [0.4, 0.5) is 4.39 Å². The smallest absolute Gasteiger partial charge is 0.211 e. The first-order chi connectivity index (χ1) is 15.2. The number of rotatable bonds is 5. The van der Waals surface area contributed by atoms with Gasteiger partial charge in [0.15, 0.2) is 0 Å². The highest BCUT2D eigenvalue weighted by molar-refractivity contribution is 7.91. The van der Waals surface area contributed by atoms with E-state index in [-0.39, 0.29) is 21.1 Å². The highest BCUT2D eigenvalue weighted by Gasteiger charge is 2.24. The molecule has 4 nitrogen and oxygen atoms in total. The number of aromatic nitrogens is 1. The summed E-state index contributed by atoms with van der Waals surface area (Å²) in [5, 5.41) is 0.0394. The maximum atomic E-state index is 14.0. The van der Waals surface area contributed by atoms with E-state index in [0.29, 0.717) is 12.1 Å². The van der Waals surface area contributed by atoms with Gasteiger partial charge in [-0.2, -0.15) is 0 Å². The summed E-state index contributed by atoms with van der Waals surface area (Å²) in [6.07, 6.45) is 1.37. The van der Waals surface area contributed by atoms with Crippen LogP contribution in [0.25, 0.3) is 10.9 Å². The SMILES string of the molecule is Cc1cccc(Cn2cc(S(=O)(=O)c3ccc(C(C)C)cc3)c(=O)c3cc(F)ccc32)c1. The van der Waals surface area contributed by atoms with Gasteiger partial charge in [-0.1, -0.05) is 55.8 Å². The van der Waals surface area contributed by atoms with Gasteiger partial charge in [-0.3, -0.25) is 4.79 Å². The number of hydrogen-bond acceptors (Lipinski definition) is 3. The minimum atomic E-state index is -4.10. The number of sulfone groups is 1. The maximum Gasteiger partial charge on any atom is 0.211 e. The van der Waals surface area contributed by atoms with Crippen LogP contribution in [0.15, 0.2) is 87.5 Å². The molecular formula is C26H24FNO3S. The van der Waals surface area contributed by atoms with E-state index in [1.807, 2.05) is 45.0 Å². The van der Waals surface area contributed by atoms with Gasteiger partial charge in [-0.05, 0) is 54.3 Å². The Morgan fingerprint density at radius 2 is 1.69 bits per heavy atom. The van der Waals surface area contributed by atoms with Crippen LogP contribution in [0, 0.1) is 12.7 Å². The minimum Gasteiger partial charge on any atom is -0.341 e. The quantitative estimate of drug-likeness (QED) is 0.407. The molecule has 0 unspecified atom stereocenters. The molecule has 3 aromatic carbocycles. The molecule has 164 valence electrons. The van der Waals surface area contributed by atoms with Crippen molar-refractivity contribution in [2.45, 2.75) is 43.0 Å². The third kappa shape index (κ3) is 4.10. The Balaban J connectivity index is 1.92. The van der Waals surface area contributed by atoms with Gasteiger partial charge >= 0.3 is 0 Å². The van der Waals surface area contributed by atoms with Crippen molar-refractivity contribution >= 4 is 20.7 Å². The number of nitrogens with zero attached hydrogens (tertiary/aromatic N) is 1. The molecule has 0 aliphatic heterocycles. The van der Waals surface area contributed by atoms with Gasteiger partial charge in [0, 0.05) is 18.1 Å². The summed E-state index contributed by atoms with van der Waals surface area (Å²) >= 11 is 0. The lowest BCUT2D eigenvalue weighted by Gasteiger charge is -2.15. The van der Waals surface area contributed by atoms with Crippen LogP contribution in [0.2, 0.25) is 0 Å². The Bertz CT molecular complexity index is 1470. The molecule has 1 aromatic heterocycles. The molecule has 0 fully saturated rings. The second kappa shape index (κ2) is 8.36. The summed E-state index contributed by atoms with van der Waals surface area (Å²) in [7, 11) is -4.10. The molecule has 0 aliphatic rings. The lowest BCUT2D eigenvalue weighted by atomic mass is 10.0. The van der Waals surface area contributed by atoms with Crippen molar-refractivity contribution in [3.8, 4) is 0 Å². The van der Waals surface area contributed by atoms with E-state index in [4.69, 9.17) is 0 Å². The lowest BCUT2D eigenvalue weighted by Crippen LogP contribution is -2.20. The van der Waals surface area contributed by atoms with E-state index in [2.05, 4.69) is 0 Å². The summed E-state index contributed by atoms with van der Waals surface area (Å²) in [4.78, 5) is 12.9. The first kappa shape index (κ1) is 22.0. The predicted molar refractivity (Wildman–Crippen MR) is 124 cm³/mol. The van der Waals surface area contributed by atoms with Crippen LogP contribution < -0.4 is 5.43 Å². The number of fused-ring (bicyclic) bond motifs is 1. The van der Waals surface area contributed by atoms with Crippen LogP contribution in [-0.2, 0) is 16.4 Å². The number of pyridine rings is 1. The predicted octanol–water partition coefficient (Wildman–Crippen LogP) is 5.45. The standard InChI is InChI=1S/C26H24FNO3S/c1-17(2)20-7-10-22(11-8-20)32(30,31)25-16-28(15-19-6-4-5-18(3)13-19)24-12-9-21(27)14-23(24)26(25)29/h4-14,16-17H,15H2,1-3H3. The zero-order chi connectivity index (χ0) is 23.0. The molecule has 0 N–H and O–H groups in total. The second-order valence-electron chi connectivity index (χ2n) is 8.33. The normalized spacial score (nSPS) is 11.9. The zero-order valence-electron chi connectivity index (χ0n) is 18.2. The highest BCUT2D eigenvalue weighted by Crippen LogP contribution is 2.24. The van der Waals surface area contributed by atoms with Crippen LogP contribution >= 0.6 is 0 Å². The van der Waals surface area contributed by atoms with Crippen molar-refractivity contribution in [2.75, 3.05) is 0 Å². The zero-order valence-corrected chi connectivity index (χ0v) is 19.0. The van der Waals surface area contributed by atoms with Gasteiger partial charge in [0.2, 0.25) is 15.3 Å². The van der Waals surface area contributed by atoms with Gasteiger partial charge in [-0.15, -0.1) is 0 Å². The molecule has 0 atom stereocenters. The summed E-state index contributed by atoms with van der Waals surface area (Å²) in [5.41, 5.74) is 2.79. The fourth-order valence-corrected chi connectivity index (χ4v) is 5.20. The Kier molecular flexibility index (Phi) is 5.73. The second-order valence-corrected chi connectivity index (χ2v) is 10.2. The van der Waals surface area contributed by atoms with Gasteiger partial charge in [-0.25, -0.2) is 12.8 Å². The number of hydrogen-bond donors (Lipinski definition) is 0. The topological polar surface area (TPSA) is 56.1 Å². The van der Waals surface area contributed by atoms with E-state index in [1.165, 1.54) is 30.5 Å². The van der Waals surface area contributed by atoms with Gasteiger partial charge in [0.1, 0.15) is 10.7 Å². The van der Waals surface area contributed by atoms with Crippen LogP contribution in [0.3, 0.4) is 0 Å². The summed E-state index contributed by atoms with van der Waals surface area (Å²) in [6.45, 7) is 6.36. The molecule has 32 heavy (non-hydrogen) atoms. The molecule has 0 spiro atoms. The Labute approximate surface area is 186 Å². The highest BCUT2D eigenvalue weighted by atomic mass is 32.2. The molecule has 0 amide bonds. The molecule has 4 rings (SSSR count). The van der Waals surface area contributed by atoms with Gasteiger partial charge < -0.3 is 4.57 Å². The van der Waals surface area contributed by atoms with Crippen LogP contribution in [0.1, 0.15) is 36.5 Å². The fraction of sp³-hybridized carbons (Fsp3) is 0.192. The Morgan fingerprint density at radius 3 is 2.34 bits per heavy atom. The first-order valence-electron chi connectivity index (χ1n) is 10.4. The van der Waals surface area contributed by atoms with E-state index in [0.717, 1.165) is 22.8 Å².